The Morgan fingerprint density at radius 1 is 1.16 bits per heavy atom. The minimum Gasteiger partial charge on any atom is -0.496 e. The summed E-state index contributed by atoms with van der Waals surface area (Å²) in [6, 6.07) is 15.4. The molecule has 0 bridgehead atoms. The van der Waals surface area contributed by atoms with Gasteiger partial charge in [0, 0.05) is 37.1 Å². The second-order valence-electron chi connectivity index (χ2n) is 8.28. The average molecular weight is 458 g/mol. The number of hydrogen-bond donors (Lipinski definition) is 1. The standard InChI is InChI=1S/C25H32ClN3O3/c1-28(18-19-7-4-3-5-8-19)14-6-13-27-24(30)20-11-15-29(16-12-20)25(31)22-17-21(26)9-10-23(22)32-2/h3-5,7-10,17,20H,6,11-16,18H2,1-2H3,(H,27,30). The minimum atomic E-state index is -0.107. The van der Waals surface area contributed by atoms with Crippen LogP contribution in [0.25, 0.3) is 0 Å². The molecule has 1 heterocycles. The van der Waals surface area contributed by atoms with E-state index in [1.54, 1.807) is 23.1 Å². The van der Waals surface area contributed by atoms with E-state index in [4.69, 9.17) is 16.3 Å². The summed E-state index contributed by atoms with van der Waals surface area (Å²) in [5.74, 6) is 0.437. The zero-order chi connectivity index (χ0) is 22.9. The van der Waals surface area contributed by atoms with Crippen LogP contribution in [-0.4, -0.2) is 62.0 Å². The Kier molecular flexibility index (Phi) is 8.94. The summed E-state index contributed by atoms with van der Waals surface area (Å²) in [6.45, 7) is 3.58. The third-order valence-corrected chi connectivity index (χ3v) is 6.09. The number of nitrogens with one attached hydrogen (secondary N) is 1. The summed E-state index contributed by atoms with van der Waals surface area (Å²) >= 11 is 6.06. The fraction of sp³-hybridized carbons (Fsp3) is 0.440. The molecule has 0 aromatic heterocycles. The molecular formula is C25H32ClN3O3. The van der Waals surface area contributed by atoms with Gasteiger partial charge in [-0.05, 0) is 56.6 Å². The summed E-state index contributed by atoms with van der Waals surface area (Å²) in [7, 11) is 3.63. The molecule has 0 spiro atoms. The van der Waals surface area contributed by atoms with E-state index in [1.807, 2.05) is 18.2 Å². The van der Waals surface area contributed by atoms with E-state index in [-0.39, 0.29) is 17.7 Å². The van der Waals surface area contributed by atoms with Gasteiger partial charge in [0.15, 0.2) is 0 Å². The van der Waals surface area contributed by atoms with Crippen molar-refractivity contribution in [3.63, 3.8) is 0 Å². The van der Waals surface area contributed by atoms with Crippen molar-refractivity contribution in [2.45, 2.75) is 25.8 Å². The molecule has 6 nitrogen and oxygen atoms in total. The van der Waals surface area contributed by atoms with E-state index in [0.29, 0.717) is 48.8 Å². The van der Waals surface area contributed by atoms with Gasteiger partial charge in [0.2, 0.25) is 5.91 Å². The smallest absolute Gasteiger partial charge is 0.257 e. The van der Waals surface area contributed by atoms with Crippen LogP contribution in [0.3, 0.4) is 0 Å². The van der Waals surface area contributed by atoms with Crippen LogP contribution in [0.15, 0.2) is 48.5 Å². The summed E-state index contributed by atoms with van der Waals surface area (Å²) in [5.41, 5.74) is 1.75. The molecule has 7 heteroatoms. The topological polar surface area (TPSA) is 61.9 Å². The van der Waals surface area contributed by atoms with Crippen LogP contribution in [0, 0.1) is 5.92 Å². The molecule has 2 amide bonds. The number of ether oxygens (including phenoxy) is 1. The van der Waals surface area contributed by atoms with E-state index in [1.165, 1.54) is 12.7 Å². The maximum atomic E-state index is 12.9. The molecule has 32 heavy (non-hydrogen) atoms. The Morgan fingerprint density at radius 2 is 1.88 bits per heavy atom. The van der Waals surface area contributed by atoms with Crippen molar-refractivity contribution in [2.24, 2.45) is 5.92 Å². The van der Waals surface area contributed by atoms with Crippen LogP contribution in [0.4, 0.5) is 0 Å². The monoisotopic (exact) mass is 457 g/mol. The van der Waals surface area contributed by atoms with Gasteiger partial charge < -0.3 is 19.9 Å². The van der Waals surface area contributed by atoms with Crippen LogP contribution in [0.5, 0.6) is 5.75 Å². The first-order valence-electron chi connectivity index (χ1n) is 11.1. The number of carbonyl (C=O) groups is 2. The zero-order valence-corrected chi connectivity index (χ0v) is 19.6. The Balaban J connectivity index is 1.38. The normalized spacial score (nSPS) is 14.4. The van der Waals surface area contributed by atoms with Crippen molar-refractivity contribution in [1.29, 1.82) is 0 Å². The van der Waals surface area contributed by atoms with Gasteiger partial charge in [0.25, 0.3) is 5.91 Å². The lowest BCUT2D eigenvalue weighted by atomic mass is 9.95. The molecule has 0 radical (unpaired) electrons. The Morgan fingerprint density at radius 3 is 2.56 bits per heavy atom. The number of amides is 2. The number of piperidine rings is 1. The average Bonchev–Trinajstić information content (AvgIpc) is 2.82. The van der Waals surface area contributed by atoms with Crippen molar-refractivity contribution >= 4 is 23.4 Å². The van der Waals surface area contributed by atoms with Crippen molar-refractivity contribution in [1.82, 2.24) is 15.1 Å². The van der Waals surface area contributed by atoms with E-state index in [0.717, 1.165) is 19.5 Å². The van der Waals surface area contributed by atoms with E-state index >= 15 is 0 Å². The van der Waals surface area contributed by atoms with Crippen molar-refractivity contribution < 1.29 is 14.3 Å². The number of methoxy groups -OCH3 is 1. The highest BCUT2D eigenvalue weighted by molar-refractivity contribution is 6.31. The van der Waals surface area contributed by atoms with Gasteiger partial charge in [-0.3, -0.25) is 9.59 Å². The third-order valence-electron chi connectivity index (χ3n) is 5.86. The molecule has 1 aliphatic rings. The maximum Gasteiger partial charge on any atom is 0.257 e. The third kappa shape index (κ3) is 6.71. The predicted molar refractivity (Wildman–Crippen MR) is 127 cm³/mol. The minimum absolute atomic E-state index is 0.0534. The highest BCUT2D eigenvalue weighted by Crippen LogP contribution is 2.26. The largest absolute Gasteiger partial charge is 0.496 e. The Bertz CT molecular complexity index is 899. The highest BCUT2D eigenvalue weighted by Gasteiger charge is 2.28. The molecular weight excluding hydrogens is 426 g/mol. The molecule has 2 aromatic rings. The number of hydrogen-bond acceptors (Lipinski definition) is 4. The van der Waals surface area contributed by atoms with Gasteiger partial charge in [0.1, 0.15) is 5.75 Å². The van der Waals surface area contributed by atoms with Crippen LogP contribution in [-0.2, 0) is 11.3 Å². The van der Waals surface area contributed by atoms with Crippen LogP contribution in [0.1, 0.15) is 35.2 Å². The molecule has 3 rings (SSSR count). The van der Waals surface area contributed by atoms with E-state index < -0.39 is 0 Å². The van der Waals surface area contributed by atoms with Gasteiger partial charge >= 0.3 is 0 Å². The number of halogens is 1. The fourth-order valence-electron chi connectivity index (χ4n) is 4.04. The molecule has 1 aliphatic heterocycles. The van der Waals surface area contributed by atoms with Gasteiger partial charge in [0.05, 0.1) is 12.7 Å². The number of carbonyl (C=O) groups excluding carboxylic acids is 2. The van der Waals surface area contributed by atoms with Crippen molar-refractivity contribution in [2.75, 3.05) is 40.3 Å². The summed E-state index contributed by atoms with van der Waals surface area (Å²) in [4.78, 5) is 29.5. The molecule has 1 saturated heterocycles. The molecule has 0 atom stereocenters. The van der Waals surface area contributed by atoms with Gasteiger partial charge in [-0.25, -0.2) is 0 Å². The van der Waals surface area contributed by atoms with E-state index in [9.17, 15) is 9.59 Å². The van der Waals surface area contributed by atoms with Gasteiger partial charge in [-0.2, -0.15) is 0 Å². The van der Waals surface area contributed by atoms with E-state index in [2.05, 4.69) is 29.4 Å². The first kappa shape index (κ1) is 24.1. The number of rotatable bonds is 9. The molecule has 1 fully saturated rings. The molecule has 172 valence electrons. The second kappa shape index (κ2) is 11.9. The first-order chi connectivity index (χ1) is 15.5. The lowest BCUT2D eigenvalue weighted by Crippen LogP contribution is -2.43. The van der Waals surface area contributed by atoms with Crippen LogP contribution >= 0.6 is 11.6 Å². The van der Waals surface area contributed by atoms with Gasteiger partial charge in [-0.15, -0.1) is 0 Å². The summed E-state index contributed by atoms with van der Waals surface area (Å²) in [5, 5.41) is 3.56. The second-order valence-corrected chi connectivity index (χ2v) is 8.72. The Labute approximate surface area is 195 Å². The predicted octanol–water partition coefficient (Wildman–Crippen LogP) is 3.84. The zero-order valence-electron chi connectivity index (χ0n) is 18.9. The summed E-state index contributed by atoms with van der Waals surface area (Å²) < 4.78 is 5.30. The van der Waals surface area contributed by atoms with Crippen LogP contribution < -0.4 is 10.1 Å². The first-order valence-corrected chi connectivity index (χ1v) is 11.5. The molecule has 0 aliphatic carbocycles. The SMILES string of the molecule is COc1ccc(Cl)cc1C(=O)N1CCC(C(=O)NCCCN(C)Cc2ccccc2)CC1. The van der Waals surface area contributed by atoms with Crippen LogP contribution in [0.2, 0.25) is 5.02 Å². The summed E-state index contributed by atoms with van der Waals surface area (Å²) in [6.07, 6.45) is 2.23. The lowest BCUT2D eigenvalue weighted by molar-refractivity contribution is -0.126. The Hall–Kier alpha value is -2.57. The lowest BCUT2D eigenvalue weighted by Gasteiger charge is -2.31. The quantitative estimate of drug-likeness (QED) is 0.581. The van der Waals surface area contributed by atoms with Gasteiger partial charge in [-0.1, -0.05) is 41.9 Å². The molecule has 1 N–H and O–H groups in total. The molecule has 2 aromatic carbocycles. The van der Waals surface area contributed by atoms with Crippen molar-refractivity contribution in [3.8, 4) is 5.75 Å². The number of benzene rings is 2. The number of likely N-dealkylation sites (tertiary alicyclic amines) is 1. The highest BCUT2D eigenvalue weighted by atomic mass is 35.5. The molecule has 0 saturated carbocycles. The maximum absolute atomic E-state index is 12.9. The number of nitrogens with zero attached hydrogens (tertiary/aromatic N) is 2. The van der Waals surface area contributed by atoms with Crippen molar-refractivity contribution in [3.05, 3.63) is 64.7 Å². The fourth-order valence-corrected chi connectivity index (χ4v) is 4.21. The molecule has 0 unspecified atom stereocenters.